The molecule has 4 rings (SSSR count). The fraction of sp³-hybridized carbons (Fsp3) is 0.0500. The lowest BCUT2D eigenvalue weighted by Gasteiger charge is -2.38. The molecular formula is C20H14BrClN4O2. The van der Waals surface area contributed by atoms with E-state index in [1.54, 1.807) is 30.3 Å². The highest BCUT2D eigenvalue weighted by Gasteiger charge is 2.35. The first-order valence-corrected chi connectivity index (χ1v) is 9.57. The lowest BCUT2D eigenvalue weighted by molar-refractivity contribution is 0.0491. The van der Waals surface area contributed by atoms with E-state index >= 15 is 0 Å². The predicted molar refractivity (Wildman–Crippen MR) is 110 cm³/mol. The minimum Gasteiger partial charge on any atom is -0.359 e. The predicted octanol–water partition coefficient (Wildman–Crippen LogP) is 4.41. The maximum absolute atomic E-state index is 13.2. The standard InChI is InChI=1S/C20H14BrClN4O2/c21-13-5-6-17-15(11-13)20(28)26(25-19(27)12-7-9-23-10-8-12)18(24-17)14-3-1-2-4-16(14)22/h1-11,18,24H,(H,25,27)/t18-/m1/s1. The number of hydrazine groups is 1. The van der Waals surface area contributed by atoms with Gasteiger partial charge in [0.15, 0.2) is 0 Å². The van der Waals surface area contributed by atoms with Gasteiger partial charge < -0.3 is 5.32 Å². The molecule has 1 atom stereocenters. The first-order chi connectivity index (χ1) is 13.5. The molecule has 3 aromatic rings. The summed E-state index contributed by atoms with van der Waals surface area (Å²) in [6.07, 6.45) is 2.37. The number of carbonyl (C=O) groups is 2. The van der Waals surface area contributed by atoms with E-state index in [0.29, 0.717) is 27.4 Å². The fourth-order valence-electron chi connectivity index (χ4n) is 2.98. The Balaban J connectivity index is 1.76. The Bertz CT molecular complexity index is 1060. The monoisotopic (exact) mass is 456 g/mol. The number of aromatic nitrogens is 1. The van der Waals surface area contributed by atoms with Crippen LogP contribution in [0.3, 0.4) is 0 Å². The summed E-state index contributed by atoms with van der Waals surface area (Å²) in [4.78, 5) is 29.8. The average molecular weight is 458 g/mol. The van der Waals surface area contributed by atoms with Crippen molar-refractivity contribution in [2.75, 3.05) is 5.32 Å². The van der Waals surface area contributed by atoms with Crippen LogP contribution in [0.1, 0.15) is 32.4 Å². The Labute approximate surface area is 174 Å². The van der Waals surface area contributed by atoms with Gasteiger partial charge in [-0.15, -0.1) is 0 Å². The molecule has 2 N–H and O–H groups in total. The summed E-state index contributed by atoms with van der Waals surface area (Å²) in [5, 5.41) is 5.04. The van der Waals surface area contributed by atoms with Crippen LogP contribution in [-0.4, -0.2) is 21.8 Å². The first-order valence-electron chi connectivity index (χ1n) is 8.39. The molecule has 0 saturated heterocycles. The molecule has 28 heavy (non-hydrogen) atoms. The number of nitrogens with one attached hydrogen (secondary N) is 2. The van der Waals surface area contributed by atoms with E-state index in [2.05, 4.69) is 31.7 Å². The molecule has 2 heterocycles. The number of rotatable bonds is 3. The summed E-state index contributed by atoms with van der Waals surface area (Å²) in [5.41, 5.74) is 4.86. The highest BCUT2D eigenvalue weighted by Crippen LogP contribution is 2.35. The molecule has 0 fully saturated rings. The Morgan fingerprint density at radius 1 is 1.14 bits per heavy atom. The zero-order valence-electron chi connectivity index (χ0n) is 14.4. The van der Waals surface area contributed by atoms with Gasteiger partial charge in [-0.05, 0) is 36.4 Å². The van der Waals surface area contributed by atoms with Crippen molar-refractivity contribution in [3.63, 3.8) is 0 Å². The largest absolute Gasteiger partial charge is 0.359 e. The third-order valence-electron chi connectivity index (χ3n) is 4.35. The van der Waals surface area contributed by atoms with Crippen molar-refractivity contribution >= 4 is 45.0 Å². The van der Waals surface area contributed by atoms with Crippen LogP contribution in [0.25, 0.3) is 0 Å². The quantitative estimate of drug-likeness (QED) is 0.611. The molecule has 1 aliphatic rings. The van der Waals surface area contributed by atoms with Crippen LogP contribution in [0.5, 0.6) is 0 Å². The van der Waals surface area contributed by atoms with Crippen LogP contribution < -0.4 is 10.7 Å². The molecule has 1 aliphatic heterocycles. The number of pyridine rings is 1. The summed E-state index contributed by atoms with van der Waals surface area (Å²) < 4.78 is 0.762. The third-order valence-corrected chi connectivity index (χ3v) is 5.18. The highest BCUT2D eigenvalue weighted by molar-refractivity contribution is 9.10. The van der Waals surface area contributed by atoms with E-state index in [9.17, 15) is 9.59 Å². The summed E-state index contributed by atoms with van der Waals surface area (Å²) in [7, 11) is 0. The molecule has 6 nitrogen and oxygen atoms in total. The first kappa shape index (κ1) is 18.5. The molecule has 0 bridgehead atoms. The van der Waals surface area contributed by atoms with E-state index in [1.807, 2.05) is 24.3 Å². The minimum absolute atomic E-state index is 0.345. The number of fused-ring (bicyclic) bond motifs is 1. The van der Waals surface area contributed by atoms with Gasteiger partial charge in [0.1, 0.15) is 6.17 Å². The van der Waals surface area contributed by atoms with Gasteiger partial charge >= 0.3 is 0 Å². The van der Waals surface area contributed by atoms with E-state index < -0.39 is 12.1 Å². The van der Waals surface area contributed by atoms with Crippen molar-refractivity contribution in [3.8, 4) is 0 Å². The Hall–Kier alpha value is -2.90. The van der Waals surface area contributed by atoms with Gasteiger partial charge in [0.25, 0.3) is 11.8 Å². The number of benzene rings is 2. The van der Waals surface area contributed by atoms with Crippen molar-refractivity contribution in [2.45, 2.75) is 6.17 Å². The van der Waals surface area contributed by atoms with Crippen molar-refractivity contribution in [1.29, 1.82) is 0 Å². The van der Waals surface area contributed by atoms with Crippen molar-refractivity contribution in [2.24, 2.45) is 0 Å². The normalized spacial score (nSPS) is 15.6. The number of anilines is 1. The highest BCUT2D eigenvalue weighted by atomic mass is 79.9. The van der Waals surface area contributed by atoms with Gasteiger partial charge in [0, 0.05) is 38.7 Å². The second-order valence-corrected chi connectivity index (χ2v) is 7.43. The van der Waals surface area contributed by atoms with E-state index in [0.717, 1.165) is 4.47 Å². The van der Waals surface area contributed by atoms with Crippen LogP contribution >= 0.6 is 27.5 Å². The molecule has 8 heteroatoms. The Kier molecular flexibility index (Phi) is 5.02. The van der Waals surface area contributed by atoms with Crippen molar-refractivity contribution in [3.05, 3.63) is 93.2 Å². The Morgan fingerprint density at radius 2 is 1.89 bits per heavy atom. The summed E-state index contributed by atoms with van der Waals surface area (Å²) in [6.45, 7) is 0. The van der Waals surface area contributed by atoms with Gasteiger partial charge in [-0.2, -0.15) is 0 Å². The maximum atomic E-state index is 13.2. The number of hydrogen-bond donors (Lipinski definition) is 2. The number of hydrogen-bond acceptors (Lipinski definition) is 4. The van der Waals surface area contributed by atoms with Crippen LogP contribution in [0.4, 0.5) is 5.69 Å². The zero-order valence-corrected chi connectivity index (χ0v) is 16.7. The molecular weight excluding hydrogens is 444 g/mol. The molecule has 0 radical (unpaired) electrons. The van der Waals surface area contributed by atoms with Crippen molar-refractivity contribution < 1.29 is 9.59 Å². The van der Waals surface area contributed by atoms with Gasteiger partial charge in [-0.3, -0.25) is 20.0 Å². The van der Waals surface area contributed by atoms with Crippen LogP contribution in [0, 0.1) is 0 Å². The molecule has 0 unspecified atom stereocenters. The van der Waals surface area contributed by atoms with Gasteiger partial charge in [0.2, 0.25) is 0 Å². The second kappa shape index (κ2) is 7.61. The van der Waals surface area contributed by atoms with Crippen LogP contribution in [0.2, 0.25) is 5.02 Å². The zero-order chi connectivity index (χ0) is 19.7. The Morgan fingerprint density at radius 3 is 2.64 bits per heavy atom. The second-order valence-electron chi connectivity index (χ2n) is 6.11. The van der Waals surface area contributed by atoms with E-state index in [1.165, 1.54) is 17.4 Å². The minimum atomic E-state index is -0.666. The summed E-state index contributed by atoms with van der Waals surface area (Å²) in [5.74, 6) is -0.768. The average Bonchev–Trinajstić information content (AvgIpc) is 2.71. The van der Waals surface area contributed by atoms with E-state index in [-0.39, 0.29) is 5.91 Å². The number of amides is 2. The SMILES string of the molecule is O=C(NN1C(=O)c2cc(Br)ccc2N[C@H]1c1ccccc1Cl)c1ccncc1. The maximum Gasteiger partial charge on any atom is 0.276 e. The fourth-order valence-corrected chi connectivity index (χ4v) is 3.58. The smallest absolute Gasteiger partial charge is 0.276 e. The van der Waals surface area contributed by atoms with Gasteiger partial charge in [-0.1, -0.05) is 45.7 Å². The molecule has 2 aromatic carbocycles. The third kappa shape index (κ3) is 3.46. The van der Waals surface area contributed by atoms with Gasteiger partial charge in [-0.25, -0.2) is 5.01 Å². The number of nitrogens with zero attached hydrogens (tertiary/aromatic N) is 2. The molecule has 2 amide bonds. The molecule has 0 saturated carbocycles. The number of carbonyl (C=O) groups excluding carboxylic acids is 2. The van der Waals surface area contributed by atoms with Crippen molar-refractivity contribution in [1.82, 2.24) is 15.4 Å². The topological polar surface area (TPSA) is 74.3 Å². The van der Waals surface area contributed by atoms with Crippen LogP contribution in [-0.2, 0) is 0 Å². The summed E-state index contributed by atoms with van der Waals surface area (Å²) >= 11 is 9.75. The lowest BCUT2D eigenvalue weighted by Crippen LogP contribution is -2.53. The van der Waals surface area contributed by atoms with Gasteiger partial charge in [0.05, 0.1) is 5.56 Å². The van der Waals surface area contributed by atoms with E-state index in [4.69, 9.17) is 11.6 Å². The lowest BCUT2D eigenvalue weighted by atomic mass is 10.0. The molecule has 0 spiro atoms. The molecule has 1 aromatic heterocycles. The number of halogens is 2. The molecule has 0 aliphatic carbocycles. The summed E-state index contributed by atoms with van der Waals surface area (Å²) in [6, 6.07) is 15.7. The van der Waals surface area contributed by atoms with Crippen LogP contribution in [0.15, 0.2) is 71.5 Å². The molecule has 140 valence electrons.